The minimum Gasteiger partial charge on any atom is -0.390 e. The average Bonchev–Trinajstić information content (AvgIpc) is 3.70. The van der Waals surface area contributed by atoms with Gasteiger partial charge in [0.15, 0.2) is 0 Å². The van der Waals surface area contributed by atoms with Crippen molar-refractivity contribution in [2.75, 3.05) is 26.2 Å². The van der Waals surface area contributed by atoms with Gasteiger partial charge in [-0.25, -0.2) is 18.8 Å². The van der Waals surface area contributed by atoms with Gasteiger partial charge in [0.2, 0.25) is 15.9 Å². The number of amides is 1. The van der Waals surface area contributed by atoms with Crippen molar-refractivity contribution in [2.24, 2.45) is 11.3 Å². The lowest BCUT2D eigenvalue weighted by atomic mass is 9.91. The molecule has 0 saturated heterocycles. The van der Waals surface area contributed by atoms with Crippen LogP contribution < -0.4 is 10.7 Å². The Labute approximate surface area is 373 Å². The van der Waals surface area contributed by atoms with Gasteiger partial charge in [0.1, 0.15) is 0 Å². The number of thiazole rings is 1. The van der Waals surface area contributed by atoms with E-state index >= 15 is 0 Å². The Kier molecular flexibility index (Phi) is 22.4. The molecule has 0 saturated carbocycles. The summed E-state index contributed by atoms with van der Waals surface area (Å²) in [6.45, 7) is 12.8. The molecular formula is C50H77N5O4S2. The molecule has 1 heterocycles. The summed E-state index contributed by atoms with van der Waals surface area (Å²) >= 11 is 1.40. The number of sulfonamides is 1. The first-order valence-electron chi connectivity index (χ1n) is 23.2. The summed E-state index contributed by atoms with van der Waals surface area (Å²) in [5.74, 6) is -0.0872. The molecule has 3 N–H and O–H groups in total. The van der Waals surface area contributed by atoms with Gasteiger partial charge in [-0.15, -0.1) is 11.3 Å². The van der Waals surface area contributed by atoms with Crippen LogP contribution in [0.4, 0.5) is 0 Å². The molecule has 0 aliphatic carbocycles. The lowest BCUT2D eigenvalue weighted by molar-refractivity contribution is -0.143. The standard InChI is InChI=1S/C50H77N5O4S2/c1-41(2)38-54(61(58,59)44-30-31-45-48(35-44)60-40-52-45)39-47(56)46(34-42-26-20-18-21-27-42)55(49(57)36-50(3,4)5)53-33-25-17-15-13-11-9-7-6-8-10-12-14-16-24-32-51-37-43-28-22-19-23-29-43/h18-23,26-31,35,40-41,46-47,51,53,56H,6-17,24-25,32-34,36-39H2,1-5H3/t46-,47+/m0/s1. The molecule has 0 spiro atoms. The van der Waals surface area contributed by atoms with Gasteiger partial charge in [0, 0.05) is 32.6 Å². The predicted octanol–water partition coefficient (Wildman–Crippen LogP) is 10.9. The van der Waals surface area contributed by atoms with Gasteiger partial charge < -0.3 is 10.4 Å². The fraction of sp³-hybridized carbons (Fsp3) is 0.600. The number of aliphatic hydroxyl groups excluding tert-OH is 1. The van der Waals surface area contributed by atoms with E-state index < -0.39 is 22.2 Å². The Balaban J connectivity index is 1.23. The third-order valence-electron chi connectivity index (χ3n) is 11.1. The first-order chi connectivity index (χ1) is 29.3. The molecule has 0 bridgehead atoms. The van der Waals surface area contributed by atoms with E-state index in [1.54, 1.807) is 28.7 Å². The van der Waals surface area contributed by atoms with Crippen LogP contribution in [0.3, 0.4) is 0 Å². The normalized spacial score (nSPS) is 13.3. The van der Waals surface area contributed by atoms with E-state index in [1.165, 1.54) is 91.8 Å². The summed E-state index contributed by atoms with van der Waals surface area (Å²) in [5.41, 5.74) is 7.96. The maximum atomic E-state index is 14.2. The first kappa shape index (κ1) is 50.5. The number of fused-ring (bicyclic) bond motifs is 1. The second-order valence-corrected chi connectivity index (χ2v) is 21.4. The number of hydrogen-bond acceptors (Lipinski definition) is 8. The summed E-state index contributed by atoms with van der Waals surface area (Å²) in [6, 6.07) is 24.8. The zero-order valence-corrected chi connectivity index (χ0v) is 39.6. The van der Waals surface area contributed by atoms with Gasteiger partial charge in [-0.1, -0.05) is 172 Å². The second-order valence-electron chi connectivity index (χ2n) is 18.5. The molecule has 0 aliphatic heterocycles. The number of aromatic nitrogens is 1. The van der Waals surface area contributed by atoms with E-state index in [0.717, 1.165) is 48.1 Å². The third-order valence-corrected chi connectivity index (χ3v) is 13.8. The summed E-state index contributed by atoms with van der Waals surface area (Å²) in [7, 11) is -3.97. The van der Waals surface area contributed by atoms with Crippen molar-refractivity contribution in [2.45, 2.75) is 161 Å². The number of nitrogens with zero attached hydrogens (tertiary/aromatic N) is 3. The molecule has 4 rings (SSSR count). The monoisotopic (exact) mass is 876 g/mol. The molecule has 9 nitrogen and oxygen atoms in total. The molecule has 3 aromatic carbocycles. The van der Waals surface area contributed by atoms with Crippen molar-refractivity contribution in [3.63, 3.8) is 0 Å². The molecule has 0 aliphatic rings. The van der Waals surface area contributed by atoms with E-state index in [-0.39, 0.29) is 41.6 Å². The molecule has 0 unspecified atom stereocenters. The topological polar surface area (TPSA) is 115 Å². The molecular weight excluding hydrogens is 799 g/mol. The van der Waals surface area contributed by atoms with Crippen LogP contribution in [-0.4, -0.2) is 72.1 Å². The Hall–Kier alpha value is -3.19. The van der Waals surface area contributed by atoms with Crippen LogP contribution in [0.1, 0.15) is 142 Å². The van der Waals surface area contributed by atoms with Crippen molar-refractivity contribution in [3.8, 4) is 0 Å². The van der Waals surface area contributed by atoms with Gasteiger partial charge >= 0.3 is 0 Å². The summed E-state index contributed by atoms with van der Waals surface area (Å²) < 4.78 is 30.6. The van der Waals surface area contributed by atoms with E-state index in [1.807, 2.05) is 65.0 Å². The maximum Gasteiger partial charge on any atom is 0.243 e. The number of aliphatic hydroxyl groups is 1. The summed E-state index contributed by atoms with van der Waals surface area (Å²) in [6.07, 6.45) is 17.0. The minimum absolute atomic E-state index is 0.0163. The highest BCUT2D eigenvalue weighted by Gasteiger charge is 2.36. The Morgan fingerprint density at radius 2 is 1.28 bits per heavy atom. The number of rotatable bonds is 31. The van der Waals surface area contributed by atoms with Gasteiger partial charge in [0.25, 0.3) is 0 Å². The van der Waals surface area contributed by atoms with Crippen LogP contribution in [-0.2, 0) is 27.8 Å². The third kappa shape index (κ3) is 19.0. The fourth-order valence-corrected chi connectivity index (χ4v) is 10.3. The number of nitrogens with one attached hydrogen (secondary N) is 2. The zero-order valence-electron chi connectivity index (χ0n) is 38.0. The second kappa shape index (κ2) is 27.1. The molecule has 0 radical (unpaired) electrons. The van der Waals surface area contributed by atoms with Crippen LogP contribution in [0.5, 0.6) is 0 Å². The predicted molar refractivity (Wildman–Crippen MR) is 255 cm³/mol. The molecule has 2 atom stereocenters. The molecule has 4 aromatic rings. The van der Waals surface area contributed by atoms with Gasteiger partial charge in [-0.05, 0) is 66.5 Å². The van der Waals surface area contributed by atoms with Crippen molar-refractivity contribution >= 4 is 37.5 Å². The SMILES string of the molecule is CC(C)CN(C[C@@H](O)[C@H](Cc1ccccc1)N(NCCCCCCCCCCCCCCCCNCc1ccccc1)C(=O)CC(C)(C)C)S(=O)(=O)c1ccc2ncsc2c1. The van der Waals surface area contributed by atoms with Gasteiger partial charge in [-0.2, -0.15) is 4.31 Å². The van der Waals surface area contributed by atoms with Crippen LogP contribution in [0, 0.1) is 11.3 Å². The largest absolute Gasteiger partial charge is 0.390 e. The lowest BCUT2D eigenvalue weighted by Crippen LogP contribution is -2.58. The highest BCUT2D eigenvalue weighted by atomic mass is 32.2. The van der Waals surface area contributed by atoms with E-state index in [2.05, 4.69) is 46.1 Å². The number of carbonyl (C=O) groups is 1. The lowest BCUT2D eigenvalue weighted by Gasteiger charge is -2.38. The Morgan fingerprint density at radius 1 is 0.738 bits per heavy atom. The molecule has 61 heavy (non-hydrogen) atoms. The van der Waals surface area contributed by atoms with Crippen molar-refractivity contribution in [1.82, 2.24) is 25.0 Å². The number of carbonyl (C=O) groups excluding carboxylic acids is 1. The Morgan fingerprint density at radius 3 is 1.84 bits per heavy atom. The highest BCUT2D eigenvalue weighted by molar-refractivity contribution is 7.89. The smallest absolute Gasteiger partial charge is 0.243 e. The Bertz CT molecular complexity index is 1900. The van der Waals surface area contributed by atoms with E-state index in [4.69, 9.17) is 0 Å². The minimum atomic E-state index is -3.97. The number of hydrogen-bond donors (Lipinski definition) is 3. The van der Waals surface area contributed by atoms with Crippen LogP contribution >= 0.6 is 11.3 Å². The first-order valence-corrected chi connectivity index (χ1v) is 25.5. The summed E-state index contributed by atoms with van der Waals surface area (Å²) in [4.78, 5) is 18.6. The quantitative estimate of drug-likeness (QED) is 0.0341. The van der Waals surface area contributed by atoms with Crippen LogP contribution in [0.2, 0.25) is 0 Å². The average molecular weight is 876 g/mol. The fourth-order valence-electron chi connectivity index (χ4n) is 7.86. The molecule has 0 fully saturated rings. The molecule has 1 aromatic heterocycles. The van der Waals surface area contributed by atoms with E-state index in [0.29, 0.717) is 13.0 Å². The van der Waals surface area contributed by atoms with Gasteiger partial charge in [-0.3, -0.25) is 9.80 Å². The molecule has 1 amide bonds. The molecule has 11 heteroatoms. The summed E-state index contributed by atoms with van der Waals surface area (Å²) in [5, 5.41) is 17.3. The van der Waals surface area contributed by atoms with Gasteiger partial charge in [0.05, 0.1) is 32.8 Å². The zero-order chi connectivity index (χ0) is 43.9. The van der Waals surface area contributed by atoms with Crippen molar-refractivity contribution in [3.05, 3.63) is 95.5 Å². The highest BCUT2D eigenvalue weighted by Crippen LogP contribution is 2.27. The number of benzene rings is 3. The van der Waals surface area contributed by atoms with Crippen molar-refractivity contribution < 1.29 is 18.3 Å². The van der Waals surface area contributed by atoms with Crippen LogP contribution in [0.15, 0.2) is 89.3 Å². The molecule has 338 valence electrons. The maximum absolute atomic E-state index is 14.2. The number of unbranched alkanes of at least 4 members (excludes halogenated alkanes) is 13. The van der Waals surface area contributed by atoms with Crippen LogP contribution in [0.25, 0.3) is 10.2 Å². The van der Waals surface area contributed by atoms with E-state index in [9.17, 15) is 18.3 Å². The van der Waals surface area contributed by atoms with Crippen molar-refractivity contribution in [1.29, 1.82) is 0 Å². The number of hydrazine groups is 1.